The first-order valence-corrected chi connectivity index (χ1v) is 7.45. The number of methoxy groups -OCH3 is 1. The standard InChI is InChI=1S/C17H28N2O/c1-16(2)13-19(17(3,4)12-18-16)11-10-14-6-8-15(20-5)9-7-14/h6-9,18H,10-13H2,1-5H3. The van der Waals surface area contributed by atoms with Crippen molar-refractivity contribution in [2.75, 3.05) is 26.7 Å². The highest BCUT2D eigenvalue weighted by Crippen LogP contribution is 2.23. The summed E-state index contributed by atoms with van der Waals surface area (Å²) >= 11 is 0. The zero-order valence-electron chi connectivity index (χ0n) is 13.5. The molecule has 1 aromatic carbocycles. The van der Waals surface area contributed by atoms with E-state index in [1.54, 1.807) is 7.11 Å². The molecule has 0 unspecified atom stereocenters. The molecule has 0 bridgehead atoms. The molecule has 1 aliphatic rings. The van der Waals surface area contributed by atoms with Gasteiger partial charge in [0.15, 0.2) is 0 Å². The van der Waals surface area contributed by atoms with E-state index in [0.29, 0.717) is 0 Å². The van der Waals surface area contributed by atoms with Gasteiger partial charge in [0.2, 0.25) is 0 Å². The predicted molar refractivity (Wildman–Crippen MR) is 84.4 cm³/mol. The molecule has 0 saturated carbocycles. The van der Waals surface area contributed by atoms with E-state index >= 15 is 0 Å². The monoisotopic (exact) mass is 276 g/mol. The second kappa shape index (κ2) is 5.74. The highest BCUT2D eigenvalue weighted by molar-refractivity contribution is 5.27. The van der Waals surface area contributed by atoms with Crippen molar-refractivity contribution in [2.45, 2.75) is 45.2 Å². The van der Waals surface area contributed by atoms with Gasteiger partial charge in [-0.1, -0.05) is 12.1 Å². The molecule has 0 radical (unpaired) electrons. The fraction of sp³-hybridized carbons (Fsp3) is 0.647. The number of nitrogens with one attached hydrogen (secondary N) is 1. The minimum Gasteiger partial charge on any atom is -0.497 e. The molecule has 0 aliphatic carbocycles. The number of hydrogen-bond acceptors (Lipinski definition) is 3. The van der Waals surface area contributed by atoms with Crippen LogP contribution in [-0.4, -0.2) is 42.7 Å². The van der Waals surface area contributed by atoms with Gasteiger partial charge in [-0.05, 0) is 51.8 Å². The maximum Gasteiger partial charge on any atom is 0.118 e. The summed E-state index contributed by atoms with van der Waals surface area (Å²) in [5.74, 6) is 0.928. The lowest BCUT2D eigenvalue weighted by molar-refractivity contribution is 0.0404. The Hall–Kier alpha value is -1.06. The largest absolute Gasteiger partial charge is 0.497 e. The fourth-order valence-electron chi connectivity index (χ4n) is 2.75. The summed E-state index contributed by atoms with van der Waals surface area (Å²) in [5, 5.41) is 3.63. The van der Waals surface area contributed by atoms with Crippen LogP contribution < -0.4 is 10.1 Å². The van der Waals surface area contributed by atoms with Crippen molar-refractivity contribution in [3.05, 3.63) is 29.8 Å². The fourth-order valence-corrected chi connectivity index (χ4v) is 2.75. The molecule has 1 fully saturated rings. The molecule has 0 atom stereocenters. The molecule has 0 aromatic heterocycles. The Balaban J connectivity index is 1.97. The molecule has 1 saturated heterocycles. The molecular formula is C17H28N2O. The molecule has 3 nitrogen and oxygen atoms in total. The highest BCUT2D eigenvalue weighted by Gasteiger charge is 2.36. The summed E-state index contributed by atoms with van der Waals surface area (Å²) in [6.07, 6.45) is 1.09. The van der Waals surface area contributed by atoms with Gasteiger partial charge in [-0.25, -0.2) is 0 Å². The maximum atomic E-state index is 5.21. The van der Waals surface area contributed by atoms with Gasteiger partial charge in [0.05, 0.1) is 7.11 Å². The molecule has 1 N–H and O–H groups in total. The first kappa shape index (κ1) is 15.3. The lowest BCUT2D eigenvalue weighted by Crippen LogP contribution is -2.66. The van der Waals surface area contributed by atoms with Crippen molar-refractivity contribution < 1.29 is 4.74 Å². The SMILES string of the molecule is COc1ccc(CCN2CC(C)(C)NCC2(C)C)cc1. The van der Waals surface area contributed by atoms with E-state index in [1.807, 2.05) is 12.1 Å². The lowest BCUT2D eigenvalue weighted by Gasteiger charge is -2.49. The summed E-state index contributed by atoms with van der Waals surface area (Å²) in [4.78, 5) is 2.60. The third kappa shape index (κ3) is 3.74. The summed E-state index contributed by atoms with van der Waals surface area (Å²) in [6, 6.07) is 8.42. The van der Waals surface area contributed by atoms with Crippen molar-refractivity contribution in [2.24, 2.45) is 0 Å². The summed E-state index contributed by atoms with van der Waals surface area (Å²) < 4.78 is 5.21. The van der Waals surface area contributed by atoms with E-state index in [4.69, 9.17) is 4.74 Å². The summed E-state index contributed by atoms with van der Waals surface area (Å²) in [5.41, 5.74) is 1.80. The molecule has 1 aliphatic heterocycles. The van der Waals surface area contributed by atoms with Crippen LogP contribution in [0.2, 0.25) is 0 Å². The Morgan fingerprint density at radius 3 is 2.40 bits per heavy atom. The van der Waals surface area contributed by atoms with Gasteiger partial charge in [0.1, 0.15) is 5.75 Å². The van der Waals surface area contributed by atoms with Crippen molar-refractivity contribution in [1.29, 1.82) is 0 Å². The Labute approximate surface area is 123 Å². The summed E-state index contributed by atoms with van der Waals surface area (Å²) in [6.45, 7) is 12.4. The van der Waals surface area contributed by atoms with E-state index in [2.05, 4.69) is 50.0 Å². The molecule has 1 aromatic rings. The van der Waals surface area contributed by atoms with Crippen LogP contribution in [0.5, 0.6) is 5.75 Å². The van der Waals surface area contributed by atoms with E-state index in [1.165, 1.54) is 5.56 Å². The smallest absolute Gasteiger partial charge is 0.118 e. The molecular weight excluding hydrogens is 248 g/mol. The second-order valence-electron chi connectivity index (χ2n) is 7.07. The lowest BCUT2D eigenvalue weighted by atomic mass is 9.91. The van der Waals surface area contributed by atoms with Crippen molar-refractivity contribution in [1.82, 2.24) is 10.2 Å². The molecule has 0 amide bonds. The predicted octanol–water partition coefficient (Wildman–Crippen LogP) is 2.70. The van der Waals surface area contributed by atoms with Gasteiger partial charge < -0.3 is 10.1 Å². The van der Waals surface area contributed by atoms with Crippen LogP contribution in [0.15, 0.2) is 24.3 Å². The van der Waals surface area contributed by atoms with Gasteiger partial charge in [-0.3, -0.25) is 4.90 Å². The third-order valence-electron chi connectivity index (χ3n) is 4.27. The Bertz CT molecular complexity index is 437. The van der Waals surface area contributed by atoms with E-state index in [9.17, 15) is 0 Å². The number of nitrogens with zero attached hydrogens (tertiary/aromatic N) is 1. The highest BCUT2D eigenvalue weighted by atomic mass is 16.5. The second-order valence-corrected chi connectivity index (χ2v) is 7.07. The maximum absolute atomic E-state index is 5.21. The van der Waals surface area contributed by atoms with Gasteiger partial charge in [0, 0.05) is 30.7 Å². The molecule has 0 spiro atoms. The van der Waals surface area contributed by atoms with Crippen LogP contribution in [0, 0.1) is 0 Å². The zero-order chi connectivity index (χ0) is 14.8. The number of ether oxygens (including phenoxy) is 1. The van der Waals surface area contributed by atoms with Crippen LogP contribution in [0.1, 0.15) is 33.3 Å². The molecule has 3 heteroatoms. The van der Waals surface area contributed by atoms with Crippen LogP contribution in [0.4, 0.5) is 0 Å². The van der Waals surface area contributed by atoms with Crippen LogP contribution in [-0.2, 0) is 6.42 Å². The molecule has 112 valence electrons. The normalized spacial score (nSPS) is 21.6. The number of benzene rings is 1. The van der Waals surface area contributed by atoms with Crippen LogP contribution in [0.25, 0.3) is 0 Å². The van der Waals surface area contributed by atoms with Crippen molar-refractivity contribution >= 4 is 0 Å². The van der Waals surface area contributed by atoms with Gasteiger partial charge >= 0.3 is 0 Å². The molecule has 20 heavy (non-hydrogen) atoms. The van der Waals surface area contributed by atoms with Crippen LogP contribution in [0.3, 0.4) is 0 Å². The van der Waals surface area contributed by atoms with E-state index in [-0.39, 0.29) is 11.1 Å². The van der Waals surface area contributed by atoms with E-state index < -0.39 is 0 Å². The Kier molecular flexibility index (Phi) is 4.40. The van der Waals surface area contributed by atoms with Crippen molar-refractivity contribution in [3.63, 3.8) is 0 Å². The molecule has 1 heterocycles. The van der Waals surface area contributed by atoms with Gasteiger partial charge in [0.25, 0.3) is 0 Å². The van der Waals surface area contributed by atoms with Gasteiger partial charge in [-0.15, -0.1) is 0 Å². The Morgan fingerprint density at radius 1 is 1.15 bits per heavy atom. The quantitative estimate of drug-likeness (QED) is 0.915. The minimum absolute atomic E-state index is 0.204. The summed E-state index contributed by atoms with van der Waals surface area (Å²) in [7, 11) is 1.71. The van der Waals surface area contributed by atoms with Gasteiger partial charge in [-0.2, -0.15) is 0 Å². The topological polar surface area (TPSA) is 24.5 Å². The first-order chi connectivity index (χ1) is 9.32. The number of rotatable bonds is 4. The Morgan fingerprint density at radius 2 is 1.80 bits per heavy atom. The van der Waals surface area contributed by atoms with E-state index in [0.717, 1.165) is 31.8 Å². The number of hydrogen-bond donors (Lipinski definition) is 1. The minimum atomic E-state index is 0.204. The van der Waals surface area contributed by atoms with Crippen LogP contribution >= 0.6 is 0 Å². The van der Waals surface area contributed by atoms with Crippen molar-refractivity contribution in [3.8, 4) is 5.75 Å². The average Bonchev–Trinajstić information content (AvgIpc) is 2.41. The number of piperazine rings is 1. The first-order valence-electron chi connectivity index (χ1n) is 7.45. The average molecular weight is 276 g/mol. The third-order valence-corrected chi connectivity index (χ3v) is 4.27. The zero-order valence-corrected chi connectivity index (χ0v) is 13.5. The molecule has 2 rings (SSSR count).